The number of fused-ring (bicyclic) bond motifs is 1. The Labute approximate surface area is 241 Å². The first-order chi connectivity index (χ1) is 19.7. The van der Waals surface area contributed by atoms with E-state index in [1.165, 1.54) is 0 Å². The van der Waals surface area contributed by atoms with Gasteiger partial charge in [0, 0.05) is 24.9 Å². The molecule has 0 radical (unpaired) electrons. The normalized spacial score (nSPS) is 21.6. The first-order valence-corrected chi connectivity index (χ1v) is 14.7. The molecule has 1 saturated carbocycles. The minimum absolute atomic E-state index is 0.0423. The molecule has 2 aromatic carbocycles. The lowest BCUT2D eigenvalue weighted by Gasteiger charge is -2.41. The molecule has 4 unspecified atom stereocenters. The van der Waals surface area contributed by atoms with Crippen LogP contribution in [0.15, 0.2) is 54.6 Å². The number of aliphatic hydroxyl groups is 1. The fourth-order valence-corrected chi connectivity index (χ4v) is 6.08. The molecule has 9 heteroatoms. The minimum atomic E-state index is -1.19. The largest absolute Gasteiger partial charge is 0.481 e. The van der Waals surface area contributed by atoms with E-state index in [2.05, 4.69) is 10.6 Å². The lowest BCUT2D eigenvalue weighted by Crippen LogP contribution is -2.60. The summed E-state index contributed by atoms with van der Waals surface area (Å²) in [4.78, 5) is 53.3. The number of carboxylic acids is 1. The van der Waals surface area contributed by atoms with Crippen molar-refractivity contribution >= 4 is 23.7 Å². The highest BCUT2D eigenvalue weighted by molar-refractivity contribution is 6.01. The van der Waals surface area contributed by atoms with Gasteiger partial charge in [-0.1, -0.05) is 74.7 Å². The highest BCUT2D eigenvalue weighted by Gasteiger charge is 2.41. The Bertz CT molecular complexity index is 1230. The van der Waals surface area contributed by atoms with Crippen LogP contribution in [0.1, 0.15) is 86.2 Å². The summed E-state index contributed by atoms with van der Waals surface area (Å²) in [6, 6.07) is 14.7. The number of amides is 3. The van der Waals surface area contributed by atoms with Crippen LogP contribution in [0.25, 0.3) is 0 Å². The number of rotatable bonds is 13. The number of nitrogens with one attached hydrogen (secondary N) is 2. The van der Waals surface area contributed by atoms with Crippen LogP contribution in [0.2, 0.25) is 0 Å². The van der Waals surface area contributed by atoms with Gasteiger partial charge in [0.15, 0.2) is 0 Å². The fraction of sp³-hybridized carbons (Fsp3) is 0.500. The topological polar surface area (TPSA) is 136 Å². The molecule has 0 saturated heterocycles. The van der Waals surface area contributed by atoms with Crippen LogP contribution in [0.4, 0.5) is 0 Å². The highest BCUT2D eigenvalue weighted by atomic mass is 16.4. The van der Waals surface area contributed by atoms with E-state index in [-0.39, 0.29) is 24.7 Å². The molecule has 41 heavy (non-hydrogen) atoms. The molecule has 1 heterocycles. The number of carbonyl (C=O) groups is 4. The zero-order chi connectivity index (χ0) is 29.4. The quantitative estimate of drug-likeness (QED) is 0.294. The third kappa shape index (κ3) is 7.52. The first-order valence-electron chi connectivity index (χ1n) is 14.7. The van der Waals surface area contributed by atoms with E-state index in [0.29, 0.717) is 50.6 Å². The lowest BCUT2D eigenvalue weighted by molar-refractivity contribution is -0.138. The van der Waals surface area contributed by atoms with Crippen LogP contribution in [-0.2, 0) is 27.3 Å². The first kappa shape index (κ1) is 30.2. The van der Waals surface area contributed by atoms with E-state index in [1.807, 2.05) is 55.5 Å². The van der Waals surface area contributed by atoms with E-state index in [1.54, 1.807) is 11.0 Å². The van der Waals surface area contributed by atoms with Crippen LogP contribution in [0.3, 0.4) is 0 Å². The van der Waals surface area contributed by atoms with Crippen LogP contribution in [0, 0.1) is 0 Å². The van der Waals surface area contributed by atoms with Gasteiger partial charge < -0.3 is 25.7 Å². The highest BCUT2D eigenvalue weighted by Crippen LogP contribution is 2.33. The number of carboxylic acid groups (broad SMARTS) is 1. The van der Waals surface area contributed by atoms with Crippen molar-refractivity contribution < 1.29 is 29.4 Å². The van der Waals surface area contributed by atoms with Crippen LogP contribution >= 0.6 is 0 Å². The van der Waals surface area contributed by atoms with Crippen molar-refractivity contribution in [2.75, 3.05) is 0 Å². The number of benzene rings is 2. The van der Waals surface area contributed by atoms with Crippen LogP contribution in [0.5, 0.6) is 0 Å². The molecule has 2 aliphatic rings. The van der Waals surface area contributed by atoms with Gasteiger partial charge in [-0.05, 0) is 49.3 Å². The van der Waals surface area contributed by atoms with Gasteiger partial charge in [0.25, 0.3) is 5.91 Å². The van der Waals surface area contributed by atoms with Gasteiger partial charge in [0.1, 0.15) is 12.1 Å². The van der Waals surface area contributed by atoms with Gasteiger partial charge in [0.05, 0.1) is 11.6 Å². The van der Waals surface area contributed by atoms with Crippen molar-refractivity contribution in [1.82, 2.24) is 15.5 Å². The third-order valence-electron chi connectivity index (χ3n) is 8.33. The summed E-state index contributed by atoms with van der Waals surface area (Å²) in [6.45, 7) is 2.24. The molecule has 0 spiro atoms. The summed E-state index contributed by atoms with van der Waals surface area (Å²) in [5, 5.41) is 26.3. The van der Waals surface area contributed by atoms with E-state index in [0.717, 1.165) is 24.0 Å². The maximum Gasteiger partial charge on any atom is 0.303 e. The molecule has 3 amide bonds. The molecule has 1 aliphatic heterocycles. The predicted molar refractivity (Wildman–Crippen MR) is 154 cm³/mol. The number of aliphatic carboxylic acids is 1. The maximum atomic E-state index is 13.9. The molecule has 4 rings (SSSR count). The number of nitrogens with zero attached hydrogens (tertiary/aromatic N) is 1. The standard InChI is InChI=1S/C32H41N3O6/c1-2-11-25(29(38)34-27-16-8-9-18-32(27,41)19-10-17-28(36)37)33-30(39)26(20-22-12-4-3-5-13-22)35-21-23-14-6-7-15-24(23)31(35)40/h3-7,12-15,25-27,41H,2,8-11,16-21H2,1H3,(H,33,39)(H,34,38)(H,36,37). The molecule has 220 valence electrons. The number of carbonyl (C=O) groups excluding carboxylic acids is 3. The van der Waals surface area contributed by atoms with Crippen molar-refractivity contribution in [2.24, 2.45) is 0 Å². The van der Waals surface area contributed by atoms with Gasteiger partial charge >= 0.3 is 5.97 Å². The predicted octanol–water partition coefficient (Wildman–Crippen LogP) is 3.58. The van der Waals surface area contributed by atoms with Gasteiger partial charge in [-0.2, -0.15) is 0 Å². The van der Waals surface area contributed by atoms with Crippen molar-refractivity contribution in [3.8, 4) is 0 Å². The average molecular weight is 564 g/mol. The second-order valence-electron chi connectivity index (χ2n) is 11.3. The van der Waals surface area contributed by atoms with Crippen LogP contribution in [-0.4, -0.2) is 62.5 Å². The Balaban J connectivity index is 1.50. The smallest absolute Gasteiger partial charge is 0.303 e. The van der Waals surface area contributed by atoms with E-state index < -0.39 is 35.6 Å². The second-order valence-corrected chi connectivity index (χ2v) is 11.3. The van der Waals surface area contributed by atoms with Gasteiger partial charge in [-0.3, -0.25) is 19.2 Å². The third-order valence-corrected chi connectivity index (χ3v) is 8.33. The molecule has 9 nitrogen and oxygen atoms in total. The van der Waals surface area contributed by atoms with Gasteiger partial charge in [-0.15, -0.1) is 0 Å². The number of hydrogen-bond acceptors (Lipinski definition) is 5. The number of hydrogen-bond donors (Lipinski definition) is 4. The van der Waals surface area contributed by atoms with Gasteiger partial charge in [-0.25, -0.2) is 0 Å². The van der Waals surface area contributed by atoms with Crippen molar-refractivity contribution in [3.05, 3.63) is 71.3 Å². The van der Waals surface area contributed by atoms with E-state index >= 15 is 0 Å². The van der Waals surface area contributed by atoms with Crippen molar-refractivity contribution in [3.63, 3.8) is 0 Å². The molecule has 0 bridgehead atoms. The fourth-order valence-electron chi connectivity index (χ4n) is 6.08. The second kappa shape index (κ2) is 13.8. The zero-order valence-corrected chi connectivity index (χ0v) is 23.7. The summed E-state index contributed by atoms with van der Waals surface area (Å²) in [5.74, 6) is -1.90. The minimum Gasteiger partial charge on any atom is -0.481 e. The summed E-state index contributed by atoms with van der Waals surface area (Å²) in [6.07, 6.45) is 4.62. The zero-order valence-electron chi connectivity index (χ0n) is 23.7. The van der Waals surface area contributed by atoms with Crippen molar-refractivity contribution in [2.45, 2.75) is 101 Å². The lowest BCUT2D eigenvalue weighted by atomic mass is 9.77. The van der Waals surface area contributed by atoms with Crippen LogP contribution < -0.4 is 10.6 Å². The molecule has 1 aliphatic carbocycles. The summed E-state index contributed by atoms with van der Waals surface area (Å²) >= 11 is 0. The molecular formula is C32H41N3O6. The summed E-state index contributed by atoms with van der Waals surface area (Å²) < 4.78 is 0. The maximum absolute atomic E-state index is 13.9. The molecule has 4 atom stereocenters. The Hall–Kier alpha value is -3.72. The monoisotopic (exact) mass is 563 g/mol. The summed E-state index contributed by atoms with van der Waals surface area (Å²) in [7, 11) is 0. The molecular weight excluding hydrogens is 522 g/mol. The Morgan fingerprint density at radius 3 is 2.49 bits per heavy atom. The van der Waals surface area contributed by atoms with E-state index in [4.69, 9.17) is 5.11 Å². The SMILES string of the molecule is CCCC(NC(=O)C(Cc1ccccc1)N1Cc2ccccc2C1=O)C(=O)NC1CCCCC1(O)CCCC(=O)O. The molecule has 2 aromatic rings. The average Bonchev–Trinajstić information content (AvgIpc) is 3.29. The molecule has 1 fully saturated rings. The van der Waals surface area contributed by atoms with Crippen molar-refractivity contribution in [1.29, 1.82) is 0 Å². The van der Waals surface area contributed by atoms with Gasteiger partial charge in [0.2, 0.25) is 11.8 Å². The Morgan fingerprint density at radius 1 is 1.05 bits per heavy atom. The Morgan fingerprint density at radius 2 is 1.78 bits per heavy atom. The summed E-state index contributed by atoms with van der Waals surface area (Å²) in [5.41, 5.74) is 1.17. The molecule has 0 aromatic heterocycles. The Kier molecular flexibility index (Phi) is 10.2. The van der Waals surface area contributed by atoms with E-state index in [9.17, 15) is 24.3 Å². The molecule has 4 N–H and O–H groups in total.